The van der Waals surface area contributed by atoms with E-state index in [4.69, 9.17) is 14.0 Å². The lowest BCUT2D eigenvalue weighted by molar-refractivity contribution is -0.144. The van der Waals surface area contributed by atoms with Crippen molar-refractivity contribution in [1.29, 1.82) is 0 Å². The van der Waals surface area contributed by atoms with Crippen molar-refractivity contribution < 1.29 is 23.6 Å². The first-order chi connectivity index (χ1) is 12.3. The predicted molar refractivity (Wildman–Crippen MR) is 94.9 cm³/mol. The Kier molecular flexibility index (Phi) is 6.38. The van der Waals surface area contributed by atoms with E-state index in [1.165, 1.54) is 13.2 Å². The first-order valence-corrected chi connectivity index (χ1v) is 8.36. The van der Waals surface area contributed by atoms with E-state index in [-0.39, 0.29) is 18.2 Å². The lowest BCUT2D eigenvalue weighted by Gasteiger charge is -2.18. The molecule has 0 saturated heterocycles. The van der Waals surface area contributed by atoms with Crippen molar-refractivity contribution in [2.75, 3.05) is 7.11 Å². The first-order valence-electron chi connectivity index (χ1n) is 8.36. The summed E-state index contributed by atoms with van der Waals surface area (Å²) in [5.41, 5.74) is 2.11. The van der Waals surface area contributed by atoms with E-state index in [9.17, 15) is 9.59 Å². The van der Waals surface area contributed by atoms with Gasteiger partial charge in [0.2, 0.25) is 0 Å². The zero-order chi connectivity index (χ0) is 19.3. The van der Waals surface area contributed by atoms with Gasteiger partial charge in [-0.05, 0) is 30.9 Å². The molecule has 26 heavy (non-hydrogen) atoms. The molecule has 140 valence electrons. The van der Waals surface area contributed by atoms with Crippen LogP contribution in [0.1, 0.15) is 41.2 Å². The van der Waals surface area contributed by atoms with Crippen LogP contribution in [-0.2, 0) is 16.1 Å². The van der Waals surface area contributed by atoms with Gasteiger partial charge in [-0.2, -0.15) is 0 Å². The van der Waals surface area contributed by atoms with Crippen molar-refractivity contribution >= 4 is 11.9 Å². The van der Waals surface area contributed by atoms with E-state index in [2.05, 4.69) is 10.5 Å². The predicted octanol–water partition coefficient (Wildman–Crippen LogP) is 2.80. The number of nitrogens with one attached hydrogen (secondary N) is 1. The Morgan fingerprint density at radius 1 is 1.23 bits per heavy atom. The molecule has 0 fully saturated rings. The van der Waals surface area contributed by atoms with Crippen LogP contribution in [-0.4, -0.2) is 30.2 Å². The van der Waals surface area contributed by atoms with Gasteiger partial charge < -0.3 is 19.3 Å². The highest BCUT2D eigenvalue weighted by Crippen LogP contribution is 2.23. The number of hydrogen-bond acceptors (Lipinski definition) is 6. The van der Waals surface area contributed by atoms with Crippen LogP contribution in [0.5, 0.6) is 5.75 Å². The van der Waals surface area contributed by atoms with E-state index in [1.54, 1.807) is 0 Å². The van der Waals surface area contributed by atoms with Gasteiger partial charge in [0.05, 0.1) is 7.11 Å². The molecule has 7 heteroatoms. The monoisotopic (exact) mass is 360 g/mol. The zero-order valence-electron chi connectivity index (χ0n) is 15.7. The number of aromatic nitrogens is 1. The van der Waals surface area contributed by atoms with Gasteiger partial charge in [-0.3, -0.25) is 4.79 Å². The minimum Gasteiger partial charge on any atom is -0.485 e. The van der Waals surface area contributed by atoms with Crippen molar-refractivity contribution in [2.45, 2.75) is 40.3 Å². The largest absolute Gasteiger partial charge is 0.485 e. The highest BCUT2D eigenvalue weighted by atomic mass is 16.5. The van der Waals surface area contributed by atoms with E-state index in [0.29, 0.717) is 5.76 Å². The lowest BCUT2D eigenvalue weighted by Crippen LogP contribution is -2.45. The second-order valence-corrected chi connectivity index (χ2v) is 6.41. The molecule has 0 spiro atoms. The summed E-state index contributed by atoms with van der Waals surface area (Å²) in [5, 5.41) is 6.36. The van der Waals surface area contributed by atoms with E-state index in [1.807, 2.05) is 45.9 Å². The van der Waals surface area contributed by atoms with Gasteiger partial charge in [-0.1, -0.05) is 37.2 Å². The highest BCUT2D eigenvalue weighted by Gasteiger charge is 2.26. The number of methoxy groups -OCH3 is 1. The van der Waals surface area contributed by atoms with Gasteiger partial charge in [0, 0.05) is 6.07 Å². The molecule has 1 heterocycles. The molecule has 0 radical (unpaired) electrons. The Balaban J connectivity index is 2.02. The Bertz CT molecular complexity index is 762. The summed E-state index contributed by atoms with van der Waals surface area (Å²) in [4.78, 5) is 24.0. The fourth-order valence-electron chi connectivity index (χ4n) is 2.50. The number of benzene rings is 1. The second kappa shape index (κ2) is 8.51. The first kappa shape index (κ1) is 19.5. The number of hydrogen-bond donors (Lipinski definition) is 1. The number of para-hydroxylation sites is 1. The van der Waals surface area contributed by atoms with Crippen molar-refractivity contribution in [1.82, 2.24) is 10.5 Å². The molecule has 0 saturated carbocycles. The molecule has 0 aliphatic carbocycles. The van der Waals surface area contributed by atoms with Crippen LogP contribution < -0.4 is 10.1 Å². The van der Waals surface area contributed by atoms with Crippen molar-refractivity contribution in [2.24, 2.45) is 5.92 Å². The second-order valence-electron chi connectivity index (χ2n) is 6.41. The minimum atomic E-state index is -0.751. The van der Waals surface area contributed by atoms with Gasteiger partial charge in [0.15, 0.2) is 11.5 Å². The number of nitrogens with zero attached hydrogens (tertiary/aromatic N) is 1. The number of ether oxygens (including phenoxy) is 2. The molecule has 0 unspecified atom stereocenters. The molecule has 0 bridgehead atoms. The van der Waals surface area contributed by atoms with Gasteiger partial charge in [-0.15, -0.1) is 0 Å². The SMILES string of the molecule is COC(=O)[C@@H](NC(=O)c1cc(COc2c(C)cccc2C)on1)C(C)C. The molecular formula is C19H24N2O5. The number of carbonyl (C=O) groups is 2. The van der Waals surface area contributed by atoms with Gasteiger partial charge in [0.1, 0.15) is 18.4 Å². The van der Waals surface area contributed by atoms with Crippen molar-refractivity contribution in [3.63, 3.8) is 0 Å². The van der Waals surface area contributed by atoms with Crippen LogP contribution in [0, 0.1) is 19.8 Å². The molecule has 2 rings (SSSR count). The summed E-state index contributed by atoms with van der Waals surface area (Å²) >= 11 is 0. The molecule has 0 aliphatic heterocycles. The molecule has 1 aromatic heterocycles. The number of rotatable bonds is 7. The van der Waals surface area contributed by atoms with Crippen LogP contribution in [0.4, 0.5) is 0 Å². The average Bonchev–Trinajstić information content (AvgIpc) is 3.07. The maximum Gasteiger partial charge on any atom is 0.328 e. The third-order valence-electron chi connectivity index (χ3n) is 3.97. The maximum absolute atomic E-state index is 12.3. The Morgan fingerprint density at radius 2 is 1.88 bits per heavy atom. The van der Waals surface area contributed by atoms with Gasteiger partial charge in [-0.25, -0.2) is 4.79 Å². The molecular weight excluding hydrogens is 336 g/mol. The lowest BCUT2D eigenvalue weighted by atomic mass is 10.0. The summed E-state index contributed by atoms with van der Waals surface area (Å²) in [6.45, 7) is 7.69. The van der Waals surface area contributed by atoms with Crippen molar-refractivity contribution in [3.05, 3.63) is 46.8 Å². The molecule has 2 aromatic rings. The molecule has 7 nitrogen and oxygen atoms in total. The normalized spacial score (nSPS) is 11.9. The van der Waals surface area contributed by atoms with Crippen LogP contribution in [0.15, 0.2) is 28.8 Å². The Morgan fingerprint density at radius 3 is 2.46 bits per heavy atom. The van der Waals surface area contributed by atoms with E-state index in [0.717, 1.165) is 16.9 Å². The standard InChI is InChI=1S/C19H24N2O5/c1-11(2)16(19(23)24-5)20-18(22)15-9-14(26-21-15)10-25-17-12(3)7-6-8-13(17)4/h6-9,11,16H,10H2,1-5H3,(H,20,22)/t16-/m0/s1. The fourth-order valence-corrected chi connectivity index (χ4v) is 2.50. The molecule has 1 amide bonds. The molecule has 1 N–H and O–H groups in total. The Labute approximate surface area is 152 Å². The fraction of sp³-hybridized carbons (Fsp3) is 0.421. The van der Waals surface area contributed by atoms with E-state index < -0.39 is 17.9 Å². The average molecular weight is 360 g/mol. The quantitative estimate of drug-likeness (QED) is 0.764. The molecule has 1 aromatic carbocycles. The van der Waals surface area contributed by atoms with Gasteiger partial charge in [0.25, 0.3) is 5.91 Å². The number of amides is 1. The summed E-state index contributed by atoms with van der Waals surface area (Å²) < 4.78 is 15.7. The third kappa shape index (κ3) is 4.62. The van der Waals surface area contributed by atoms with Crippen LogP contribution in [0.3, 0.4) is 0 Å². The summed E-state index contributed by atoms with van der Waals surface area (Å²) in [6, 6.07) is 6.62. The number of aryl methyl sites for hydroxylation is 2. The summed E-state index contributed by atoms with van der Waals surface area (Å²) in [5.74, 6) is 0.0640. The topological polar surface area (TPSA) is 90.7 Å². The number of esters is 1. The maximum atomic E-state index is 12.3. The van der Waals surface area contributed by atoms with Crippen LogP contribution in [0.2, 0.25) is 0 Å². The van der Waals surface area contributed by atoms with Crippen LogP contribution >= 0.6 is 0 Å². The highest BCUT2D eigenvalue weighted by molar-refractivity contribution is 5.95. The summed E-state index contributed by atoms with van der Waals surface area (Å²) in [6.07, 6.45) is 0. The zero-order valence-corrected chi connectivity index (χ0v) is 15.7. The van der Waals surface area contributed by atoms with E-state index >= 15 is 0 Å². The Hall–Kier alpha value is -2.83. The van der Waals surface area contributed by atoms with Crippen molar-refractivity contribution in [3.8, 4) is 5.75 Å². The third-order valence-corrected chi connectivity index (χ3v) is 3.97. The van der Waals surface area contributed by atoms with Crippen LogP contribution in [0.25, 0.3) is 0 Å². The van der Waals surface area contributed by atoms with Gasteiger partial charge >= 0.3 is 5.97 Å². The molecule has 1 atom stereocenters. The molecule has 0 aliphatic rings. The minimum absolute atomic E-state index is 0.0830. The smallest absolute Gasteiger partial charge is 0.328 e. The number of carbonyl (C=O) groups excluding carboxylic acids is 2. The summed E-state index contributed by atoms with van der Waals surface area (Å²) in [7, 11) is 1.28.